The predicted molar refractivity (Wildman–Crippen MR) is 87.6 cm³/mol. The number of hydrogen-bond acceptors (Lipinski definition) is 5. The van der Waals surface area contributed by atoms with E-state index in [1.807, 2.05) is 0 Å². The van der Waals surface area contributed by atoms with Crippen LogP contribution in [0, 0.1) is 0 Å². The van der Waals surface area contributed by atoms with Crippen LogP contribution in [0.25, 0.3) is 0 Å². The Labute approximate surface area is 141 Å². The fourth-order valence-corrected chi connectivity index (χ4v) is 1.81. The van der Waals surface area contributed by atoms with E-state index in [0.717, 1.165) is 0 Å². The number of amides is 2. The van der Waals surface area contributed by atoms with Gasteiger partial charge in [-0.2, -0.15) is 0 Å². The molecule has 124 valence electrons. The molecule has 0 radical (unpaired) electrons. The van der Waals surface area contributed by atoms with Crippen LogP contribution in [0.3, 0.4) is 0 Å². The Kier molecular flexibility index (Phi) is 10.5. The van der Waals surface area contributed by atoms with Crippen molar-refractivity contribution >= 4 is 42.3 Å². The fourth-order valence-electron chi connectivity index (χ4n) is 1.81. The SMILES string of the molecule is Cl.Cl.O=C(CCNC(=O)C1COCCN1)Nc1ccncc1. The van der Waals surface area contributed by atoms with Crippen molar-refractivity contribution in [1.29, 1.82) is 0 Å². The lowest BCUT2D eigenvalue weighted by molar-refractivity contribution is -0.126. The van der Waals surface area contributed by atoms with Gasteiger partial charge in [-0.1, -0.05) is 0 Å². The quantitative estimate of drug-likeness (QED) is 0.712. The minimum absolute atomic E-state index is 0. The average Bonchev–Trinajstić information content (AvgIpc) is 2.49. The van der Waals surface area contributed by atoms with Crippen LogP contribution in [0.5, 0.6) is 0 Å². The molecule has 0 spiro atoms. The number of morpholine rings is 1. The van der Waals surface area contributed by atoms with Gasteiger partial charge in [-0.25, -0.2) is 0 Å². The zero-order valence-electron chi connectivity index (χ0n) is 11.9. The van der Waals surface area contributed by atoms with E-state index in [-0.39, 0.29) is 49.1 Å². The maximum atomic E-state index is 11.7. The van der Waals surface area contributed by atoms with Crippen LogP contribution in [-0.2, 0) is 14.3 Å². The van der Waals surface area contributed by atoms with Crippen molar-refractivity contribution in [2.24, 2.45) is 0 Å². The third-order valence-electron chi connectivity index (χ3n) is 2.85. The monoisotopic (exact) mass is 350 g/mol. The summed E-state index contributed by atoms with van der Waals surface area (Å²) in [6.07, 6.45) is 3.43. The first kappa shape index (κ1) is 20.6. The third-order valence-corrected chi connectivity index (χ3v) is 2.85. The van der Waals surface area contributed by atoms with Gasteiger partial charge in [-0.3, -0.25) is 14.6 Å². The minimum Gasteiger partial charge on any atom is -0.378 e. The zero-order valence-corrected chi connectivity index (χ0v) is 13.5. The van der Waals surface area contributed by atoms with Crippen LogP contribution in [0.2, 0.25) is 0 Å². The predicted octanol–water partition coefficient (Wildman–Crippen LogP) is 0.358. The van der Waals surface area contributed by atoms with Gasteiger partial charge in [0.2, 0.25) is 11.8 Å². The highest BCUT2D eigenvalue weighted by Crippen LogP contribution is 2.03. The molecular weight excluding hydrogens is 331 g/mol. The summed E-state index contributed by atoms with van der Waals surface area (Å²) in [6.45, 7) is 1.96. The second kappa shape index (κ2) is 11.2. The van der Waals surface area contributed by atoms with Gasteiger partial charge in [0.1, 0.15) is 6.04 Å². The van der Waals surface area contributed by atoms with Gasteiger partial charge in [-0.05, 0) is 12.1 Å². The normalized spacial score (nSPS) is 16.6. The average molecular weight is 351 g/mol. The number of anilines is 1. The van der Waals surface area contributed by atoms with Crippen LogP contribution < -0.4 is 16.0 Å². The first-order valence-corrected chi connectivity index (χ1v) is 6.54. The van der Waals surface area contributed by atoms with Gasteiger partial charge < -0.3 is 20.7 Å². The van der Waals surface area contributed by atoms with Gasteiger partial charge in [0, 0.05) is 37.6 Å². The first-order valence-electron chi connectivity index (χ1n) is 6.54. The Hall–Kier alpha value is -1.41. The number of aromatic nitrogens is 1. The number of halogens is 2. The molecule has 2 heterocycles. The lowest BCUT2D eigenvalue weighted by atomic mass is 10.2. The molecule has 0 aromatic carbocycles. The van der Waals surface area contributed by atoms with E-state index in [9.17, 15) is 9.59 Å². The fraction of sp³-hybridized carbons (Fsp3) is 0.462. The number of pyridine rings is 1. The lowest BCUT2D eigenvalue weighted by Crippen LogP contribution is -2.51. The lowest BCUT2D eigenvalue weighted by Gasteiger charge is -2.22. The Morgan fingerprint density at radius 1 is 1.32 bits per heavy atom. The molecule has 1 unspecified atom stereocenters. The number of carbonyl (C=O) groups excluding carboxylic acids is 2. The standard InChI is InChI=1S/C13H18N4O3.2ClH/c18-12(17-10-1-4-14-5-2-10)3-6-16-13(19)11-9-20-8-7-15-11;;/h1-2,4-5,11,15H,3,6-9H2,(H,16,19)(H,14,17,18);2*1H. The van der Waals surface area contributed by atoms with Crippen molar-refractivity contribution in [3.8, 4) is 0 Å². The number of hydrogen-bond donors (Lipinski definition) is 3. The summed E-state index contributed by atoms with van der Waals surface area (Å²) in [7, 11) is 0. The van der Waals surface area contributed by atoms with E-state index in [1.54, 1.807) is 24.5 Å². The van der Waals surface area contributed by atoms with Crippen LogP contribution >= 0.6 is 24.8 Å². The molecule has 2 amide bonds. The number of carbonyl (C=O) groups is 2. The second-order valence-electron chi connectivity index (χ2n) is 4.41. The summed E-state index contributed by atoms with van der Waals surface area (Å²) in [5, 5.41) is 8.49. The smallest absolute Gasteiger partial charge is 0.239 e. The number of nitrogens with zero attached hydrogens (tertiary/aromatic N) is 1. The van der Waals surface area contributed by atoms with Crippen LogP contribution in [-0.4, -0.2) is 49.1 Å². The molecule has 1 aromatic rings. The van der Waals surface area contributed by atoms with Gasteiger partial charge >= 0.3 is 0 Å². The molecule has 0 bridgehead atoms. The summed E-state index contributed by atoms with van der Waals surface area (Å²) >= 11 is 0. The molecule has 1 aliphatic rings. The van der Waals surface area contributed by atoms with Crippen molar-refractivity contribution in [3.63, 3.8) is 0 Å². The molecule has 9 heteroatoms. The van der Waals surface area contributed by atoms with Crippen molar-refractivity contribution in [3.05, 3.63) is 24.5 Å². The largest absolute Gasteiger partial charge is 0.378 e. The summed E-state index contributed by atoms with van der Waals surface area (Å²) in [5.41, 5.74) is 0.693. The molecule has 0 aliphatic carbocycles. The summed E-state index contributed by atoms with van der Waals surface area (Å²) in [5.74, 6) is -0.286. The molecule has 0 saturated carbocycles. The number of rotatable bonds is 5. The zero-order chi connectivity index (χ0) is 14.2. The minimum atomic E-state index is -0.327. The highest BCUT2D eigenvalue weighted by Gasteiger charge is 2.20. The molecule has 1 fully saturated rings. The van der Waals surface area contributed by atoms with Gasteiger partial charge in [-0.15, -0.1) is 24.8 Å². The van der Waals surface area contributed by atoms with Gasteiger partial charge in [0.05, 0.1) is 13.2 Å². The molecule has 7 nitrogen and oxygen atoms in total. The Balaban J connectivity index is 0.00000220. The van der Waals surface area contributed by atoms with Gasteiger partial charge in [0.15, 0.2) is 0 Å². The van der Waals surface area contributed by atoms with E-state index in [2.05, 4.69) is 20.9 Å². The van der Waals surface area contributed by atoms with E-state index < -0.39 is 0 Å². The van der Waals surface area contributed by atoms with Crippen LogP contribution in [0.4, 0.5) is 5.69 Å². The molecule has 1 aromatic heterocycles. The Morgan fingerprint density at radius 2 is 2.05 bits per heavy atom. The summed E-state index contributed by atoms with van der Waals surface area (Å²) < 4.78 is 5.20. The molecule has 2 rings (SSSR count). The Morgan fingerprint density at radius 3 is 2.68 bits per heavy atom. The molecule has 3 N–H and O–H groups in total. The van der Waals surface area contributed by atoms with Crippen molar-refractivity contribution in [2.75, 3.05) is 31.6 Å². The molecular formula is C13H20Cl2N4O3. The highest BCUT2D eigenvalue weighted by atomic mass is 35.5. The highest BCUT2D eigenvalue weighted by molar-refractivity contribution is 5.91. The maximum absolute atomic E-state index is 11.7. The molecule has 22 heavy (non-hydrogen) atoms. The van der Waals surface area contributed by atoms with Gasteiger partial charge in [0.25, 0.3) is 0 Å². The third kappa shape index (κ3) is 7.04. The van der Waals surface area contributed by atoms with Crippen LogP contribution in [0.15, 0.2) is 24.5 Å². The van der Waals surface area contributed by atoms with Crippen molar-refractivity contribution in [1.82, 2.24) is 15.6 Å². The van der Waals surface area contributed by atoms with E-state index in [4.69, 9.17) is 4.74 Å². The number of ether oxygens (including phenoxy) is 1. The molecule has 1 aliphatic heterocycles. The molecule has 1 saturated heterocycles. The summed E-state index contributed by atoms with van der Waals surface area (Å²) in [6, 6.07) is 3.09. The Bertz CT molecular complexity index is 456. The van der Waals surface area contributed by atoms with Crippen molar-refractivity contribution in [2.45, 2.75) is 12.5 Å². The topological polar surface area (TPSA) is 92.4 Å². The van der Waals surface area contributed by atoms with E-state index in [0.29, 0.717) is 32.0 Å². The number of nitrogens with one attached hydrogen (secondary N) is 3. The van der Waals surface area contributed by atoms with Crippen LogP contribution in [0.1, 0.15) is 6.42 Å². The summed E-state index contributed by atoms with van der Waals surface area (Å²) in [4.78, 5) is 27.3. The van der Waals surface area contributed by atoms with E-state index >= 15 is 0 Å². The maximum Gasteiger partial charge on any atom is 0.239 e. The molecule has 1 atom stereocenters. The van der Waals surface area contributed by atoms with E-state index in [1.165, 1.54) is 0 Å². The first-order chi connectivity index (χ1) is 9.75. The van der Waals surface area contributed by atoms with Crippen molar-refractivity contribution < 1.29 is 14.3 Å². The second-order valence-corrected chi connectivity index (χ2v) is 4.41.